The highest BCUT2D eigenvalue weighted by molar-refractivity contribution is 5.82. The van der Waals surface area contributed by atoms with Crippen molar-refractivity contribution < 1.29 is 19.4 Å². The van der Waals surface area contributed by atoms with E-state index in [0.717, 1.165) is 19.3 Å². The normalized spacial score (nSPS) is 37.0. The maximum absolute atomic E-state index is 11.8. The summed E-state index contributed by atoms with van der Waals surface area (Å²) in [6.45, 7) is 2.18. The molecule has 96 valence electrons. The highest BCUT2D eigenvalue weighted by Gasteiger charge is 2.35. The van der Waals surface area contributed by atoms with Crippen LogP contribution in [-0.4, -0.2) is 35.2 Å². The van der Waals surface area contributed by atoms with Gasteiger partial charge in [0.25, 0.3) is 0 Å². The average Bonchev–Trinajstić information content (AvgIpc) is 2.86. The van der Waals surface area contributed by atoms with E-state index in [1.54, 1.807) is 0 Å². The third kappa shape index (κ3) is 2.97. The monoisotopic (exact) mass is 241 g/mol. The number of hydrogen-bond donors (Lipinski definition) is 2. The fraction of sp³-hybridized carbons (Fsp3) is 0.833. The minimum absolute atomic E-state index is 0.146. The van der Waals surface area contributed by atoms with Gasteiger partial charge in [-0.3, -0.25) is 4.79 Å². The van der Waals surface area contributed by atoms with Crippen molar-refractivity contribution >= 4 is 11.9 Å². The van der Waals surface area contributed by atoms with Crippen LogP contribution < -0.4 is 5.32 Å². The SMILES string of the molecule is CC1CCC(NC(=O)C2CCC(C(=O)O)O2)C1. The summed E-state index contributed by atoms with van der Waals surface area (Å²) in [5.74, 6) is -0.459. The Hall–Kier alpha value is -1.10. The Balaban J connectivity index is 1.79. The zero-order chi connectivity index (χ0) is 12.4. The molecule has 5 nitrogen and oxygen atoms in total. The number of hydrogen-bond acceptors (Lipinski definition) is 3. The smallest absolute Gasteiger partial charge is 0.332 e. The Morgan fingerprint density at radius 2 is 1.88 bits per heavy atom. The Morgan fingerprint density at radius 3 is 2.41 bits per heavy atom. The molecule has 1 saturated heterocycles. The number of aliphatic carboxylic acids is 1. The van der Waals surface area contributed by atoms with E-state index in [9.17, 15) is 9.59 Å². The van der Waals surface area contributed by atoms with Crippen molar-refractivity contribution in [3.05, 3.63) is 0 Å². The van der Waals surface area contributed by atoms with Crippen molar-refractivity contribution in [1.82, 2.24) is 5.32 Å². The second-order valence-electron chi connectivity index (χ2n) is 5.15. The van der Waals surface area contributed by atoms with Crippen molar-refractivity contribution in [1.29, 1.82) is 0 Å². The molecule has 17 heavy (non-hydrogen) atoms. The predicted molar refractivity (Wildman–Crippen MR) is 60.5 cm³/mol. The standard InChI is InChI=1S/C12H19NO4/c1-7-2-3-8(6-7)13-11(14)9-4-5-10(17-9)12(15)16/h7-10H,2-6H2,1H3,(H,13,14)(H,15,16). The lowest BCUT2D eigenvalue weighted by atomic mass is 10.1. The van der Waals surface area contributed by atoms with E-state index in [4.69, 9.17) is 9.84 Å². The fourth-order valence-corrected chi connectivity index (χ4v) is 2.64. The minimum atomic E-state index is -0.977. The zero-order valence-corrected chi connectivity index (χ0v) is 10.0. The van der Waals surface area contributed by atoms with E-state index < -0.39 is 18.2 Å². The molecular formula is C12H19NO4. The highest BCUT2D eigenvalue weighted by Crippen LogP contribution is 2.26. The molecule has 2 fully saturated rings. The van der Waals surface area contributed by atoms with E-state index in [-0.39, 0.29) is 11.9 Å². The van der Waals surface area contributed by atoms with Gasteiger partial charge < -0.3 is 15.2 Å². The Morgan fingerprint density at radius 1 is 1.18 bits per heavy atom. The molecule has 1 aliphatic heterocycles. The number of carboxylic acids is 1. The van der Waals surface area contributed by atoms with Gasteiger partial charge in [0.05, 0.1) is 0 Å². The van der Waals surface area contributed by atoms with Crippen LogP contribution in [0.3, 0.4) is 0 Å². The summed E-state index contributed by atoms with van der Waals surface area (Å²) in [6, 6.07) is 0.241. The molecule has 0 aromatic rings. The Bertz CT molecular complexity index is 318. The van der Waals surface area contributed by atoms with Gasteiger partial charge in [-0.15, -0.1) is 0 Å². The maximum Gasteiger partial charge on any atom is 0.332 e. The first kappa shape index (κ1) is 12.4. The lowest BCUT2D eigenvalue weighted by Gasteiger charge is -2.16. The maximum atomic E-state index is 11.8. The summed E-state index contributed by atoms with van der Waals surface area (Å²) in [7, 11) is 0. The molecule has 5 heteroatoms. The summed E-state index contributed by atoms with van der Waals surface area (Å²) in [6.07, 6.45) is 2.72. The summed E-state index contributed by atoms with van der Waals surface area (Å²) in [4.78, 5) is 22.5. The van der Waals surface area contributed by atoms with E-state index >= 15 is 0 Å². The largest absolute Gasteiger partial charge is 0.479 e. The molecule has 4 atom stereocenters. The molecule has 4 unspecified atom stereocenters. The average molecular weight is 241 g/mol. The molecule has 0 spiro atoms. The van der Waals surface area contributed by atoms with Crippen molar-refractivity contribution in [3.63, 3.8) is 0 Å². The first-order valence-electron chi connectivity index (χ1n) is 6.25. The number of ether oxygens (including phenoxy) is 1. The molecule has 1 saturated carbocycles. The summed E-state index contributed by atoms with van der Waals surface area (Å²) in [5.41, 5.74) is 0. The van der Waals surface area contributed by atoms with Crippen LogP contribution in [0.2, 0.25) is 0 Å². The molecule has 1 amide bonds. The summed E-state index contributed by atoms with van der Waals surface area (Å²) >= 11 is 0. The highest BCUT2D eigenvalue weighted by atomic mass is 16.5. The second kappa shape index (κ2) is 5.04. The predicted octanol–water partition coefficient (Wildman–Crippen LogP) is 0.923. The van der Waals surface area contributed by atoms with Gasteiger partial charge in [-0.05, 0) is 38.0 Å². The van der Waals surface area contributed by atoms with Gasteiger partial charge in [0.15, 0.2) is 6.10 Å². The number of carboxylic acid groups (broad SMARTS) is 1. The van der Waals surface area contributed by atoms with E-state index in [1.807, 2.05) is 0 Å². The number of amides is 1. The molecule has 2 N–H and O–H groups in total. The van der Waals surface area contributed by atoms with Gasteiger partial charge in [0, 0.05) is 6.04 Å². The van der Waals surface area contributed by atoms with E-state index in [2.05, 4.69) is 12.2 Å². The van der Waals surface area contributed by atoms with Crippen molar-refractivity contribution in [3.8, 4) is 0 Å². The lowest BCUT2D eigenvalue weighted by Crippen LogP contribution is -2.40. The molecule has 2 aliphatic rings. The summed E-state index contributed by atoms with van der Waals surface area (Å²) < 4.78 is 5.21. The number of carbonyl (C=O) groups is 2. The van der Waals surface area contributed by atoms with E-state index in [1.165, 1.54) is 0 Å². The van der Waals surface area contributed by atoms with Gasteiger partial charge in [0.2, 0.25) is 5.91 Å². The van der Waals surface area contributed by atoms with Crippen LogP contribution >= 0.6 is 0 Å². The summed E-state index contributed by atoms with van der Waals surface area (Å²) in [5, 5.41) is 11.7. The van der Waals surface area contributed by atoms with Crippen LogP contribution in [0.4, 0.5) is 0 Å². The van der Waals surface area contributed by atoms with Crippen LogP contribution in [0.1, 0.15) is 39.0 Å². The topological polar surface area (TPSA) is 75.6 Å². The molecule has 2 rings (SSSR count). The quantitative estimate of drug-likeness (QED) is 0.770. The van der Waals surface area contributed by atoms with Crippen LogP contribution in [0.15, 0.2) is 0 Å². The molecule has 0 aromatic carbocycles. The first-order valence-corrected chi connectivity index (χ1v) is 6.25. The van der Waals surface area contributed by atoms with Gasteiger partial charge in [-0.2, -0.15) is 0 Å². The van der Waals surface area contributed by atoms with Gasteiger partial charge in [0.1, 0.15) is 6.10 Å². The van der Waals surface area contributed by atoms with Crippen molar-refractivity contribution in [2.24, 2.45) is 5.92 Å². The molecule has 0 bridgehead atoms. The van der Waals surface area contributed by atoms with Crippen LogP contribution in [0, 0.1) is 5.92 Å². The molecule has 0 radical (unpaired) electrons. The van der Waals surface area contributed by atoms with Crippen LogP contribution in [-0.2, 0) is 14.3 Å². The van der Waals surface area contributed by atoms with Gasteiger partial charge in [-0.1, -0.05) is 6.92 Å². The number of carbonyl (C=O) groups excluding carboxylic acids is 1. The zero-order valence-electron chi connectivity index (χ0n) is 10.0. The van der Waals surface area contributed by atoms with Gasteiger partial charge >= 0.3 is 5.97 Å². The molecule has 1 heterocycles. The van der Waals surface area contributed by atoms with Crippen LogP contribution in [0.5, 0.6) is 0 Å². The van der Waals surface area contributed by atoms with Crippen LogP contribution in [0.25, 0.3) is 0 Å². The Labute approximate surface area is 101 Å². The third-order valence-electron chi connectivity index (χ3n) is 3.63. The molecule has 0 aromatic heterocycles. The minimum Gasteiger partial charge on any atom is -0.479 e. The molecular weight excluding hydrogens is 222 g/mol. The molecule has 1 aliphatic carbocycles. The van der Waals surface area contributed by atoms with Gasteiger partial charge in [-0.25, -0.2) is 4.79 Å². The Kier molecular flexibility index (Phi) is 3.66. The number of nitrogens with one attached hydrogen (secondary N) is 1. The second-order valence-corrected chi connectivity index (χ2v) is 5.15. The van der Waals surface area contributed by atoms with Crippen molar-refractivity contribution in [2.75, 3.05) is 0 Å². The number of rotatable bonds is 3. The first-order chi connectivity index (χ1) is 8.06. The third-order valence-corrected chi connectivity index (χ3v) is 3.63. The fourth-order valence-electron chi connectivity index (χ4n) is 2.64. The lowest BCUT2D eigenvalue weighted by molar-refractivity contribution is -0.151. The van der Waals surface area contributed by atoms with E-state index in [0.29, 0.717) is 18.8 Å². The van der Waals surface area contributed by atoms with Crippen molar-refractivity contribution in [2.45, 2.75) is 57.3 Å².